The number of carbonyl (C=O) groups is 2. The molecular weight excluding hydrogens is 320 g/mol. The predicted molar refractivity (Wildman–Crippen MR) is 79.3 cm³/mol. The maximum absolute atomic E-state index is 12.4. The standard InChI is InChI=1S/C15H17BrN2O2/c1-10-11(16)4-5-12(17-10)18-13(19)8-15(9-14(18)20)6-2-3-7-15/h4-5H,2-3,6-9H2,1H3. The monoisotopic (exact) mass is 336 g/mol. The minimum atomic E-state index is -0.0997. The van der Waals surface area contributed by atoms with Gasteiger partial charge in [-0.3, -0.25) is 9.59 Å². The molecule has 0 bridgehead atoms. The fraction of sp³-hybridized carbons (Fsp3) is 0.533. The van der Waals surface area contributed by atoms with Crippen LogP contribution in [-0.4, -0.2) is 16.8 Å². The van der Waals surface area contributed by atoms with E-state index in [0.29, 0.717) is 18.7 Å². The van der Waals surface area contributed by atoms with Crippen molar-refractivity contribution in [1.82, 2.24) is 4.98 Å². The quantitative estimate of drug-likeness (QED) is 0.739. The molecule has 0 N–H and O–H groups in total. The van der Waals surface area contributed by atoms with E-state index in [9.17, 15) is 9.59 Å². The number of aromatic nitrogens is 1. The summed E-state index contributed by atoms with van der Waals surface area (Å²) >= 11 is 3.38. The van der Waals surface area contributed by atoms with Crippen molar-refractivity contribution >= 4 is 33.6 Å². The lowest BCUT2D eigenvalue weighted by Gasteiger charge is -2.36. The lowest BCUT2D eigenvalue weighted by molar-refractivity contribution is -0.133. The molecule has 5 heteroatoms. The Labute approximate surface area is 126 Å². The van der Waals surface area contributed by atoms with Crippen LogP contribution < -0.4 is 4.90 Å². The predicted octanol–water partition coefficient (Wildman–Crippen LogP) is 3.37. The Hall–Kier alpha value is -1.23. The van der Waals surface area contributed by atoms with E-state index in [4.69, 9.17) is 0 Å². The summed E-state index contributed by atoms with van der Waals surface area (Å²) in [5.41, 5.74) is 0.721. The smallest absolute Gasteiger partial charge is 0.235 e. The number of hydrogen-bond acceptors (Lipinski definition) is 3. The summed E-state index contributed by atoms with van der Waals surface area (Å²) in [5.74, 6) is 0.253. The number of amides is 2. The molecule has 0 unspecified atom stereocenters. The van der Waals surface area contributed by atoms with Crippen LogP contribution in [0.25, 0.3) is 0 Å². The summed E-state index contributed by atoms with van der Waals surface area (Å²) < 4.78 is 0.880. The highest BCUT2D eigenvalue weighted by molar-refractivity contribution is 9.10. The van der Waals surface area contributed by atoms with Crippen molar-refractivity contribution in [3.05, 3.63) is 22.3 Å². The van der Waals surface area contributed by atoms with Gasteiger partial charge in [-0.2, -0.15) is 0 Å². The van der Waals surface area contributed by atoms with Crippen molar-refractivity contribution in [2.75, 3.05) is 4.90 Å². The van der Waals surface area contributed by atoms with Gasteiger partial charge in [-0.25, -0.2) is 9.88 Å². The second-order valence-corrected chi connectivity index (χ2v) is 6.77. The number of piperidine rings is 1. The zero-order chi connectivity index (χ0) is 14.3. The van der Waals surface area contributed by atoms with Crippen LogP contribution in [0.1, 0.15) is 44.2 Å². The van der Waals surface area contributed by atoms with Gasteiger partial charge < -0.3 is 0 Å². The second kappa shape index (κ2) is 4.95. The highest BCUT2D eigenvalue weighted by Crippen LogP contribution is 2.47. The lowest BCUT2D eigenvalue weighted by atomic mass is 9.76. The van der Waals surface area contributed by atoms with E-state index in [-0.39, 0.29) is 17.2 Å². The third-order valence-corrected chi connectivity index (χ3v) is 5.29. The maximum atomic E-state index is 12.4. The molecule has 2 aliphatic rings. The summed E-state index contributed by atoms with van der Waals surface area (Å²) in [6, 6.07) is 3.55. The van der Waals surface area contributed by atoms with Crippen LogP contribution in [0.15, 0.2) is 16.6 Å². The number of aryl methyl sites for hydroxylation is 1. The number of carbonyl (C=O) groups excluding carboxylic acids is 2. The summed E-state index contributed by atoms with van der Waals surface area (Å²) in [5, 5.41) is 0. The molecule has 0 radical (unpaired) electrons. The fourth-order valence-corrected chi connectivity index (χ4v) is 3.61. The summed E-state index contributed by atoms with van der Waals surface area (Å²) in [6.07, 6.45) is 5.24. The van der Waals surface area contributed by atoms with Gasteiger partial charge in [0.15, 0.2) is 0 Å². The maximum Gasteiger partial charge on any atom is 0.235 e. The Morgan fingerprint density at radius 1 is 1.15 bits per heavy atom. The van der Waals surface area contributed by atoms with Gasteiger partial charge in [-0.05, 0) is 53.2 Å². The topological polar surface area (TPSA) is 50.3 Å². The molecule has 0 aromatic carbocycles. The van der Waals surface area contributed by atoms with E-state index < -0.39 is 0 Å². The van der Waals surface area contributed by atoms with Crippen molar-refractivity contribution in [2.24, 2.45) is 5.41 Å². The second-order valence-electron chi connectivity index (χ2n) is 5.92. The Morgan fingerprint density at radius 3 is 2.30 bits per heavy atom. The molecule has 2 fully saturated rings. The molecule has 2 amide bonds. The first-order chi connectivity index (χ1) is 9.51. The zero-order valence-electron chi connectivity index (χ0n) is 11.5. The van der Waals surface area contributed by atoms with E-state index in [2.05, 4.69) is 20.9 Å². The van der Waals surface area contributed by atoms with Gasteiger partial charge in [0.2, 0.25) is 11.8 Å². The molecule has 1 aromatic rings. The number of nitrogens with zero attached hydrogens (tertiary/aromatic N) is 2. The van der Waals surface area contributed by atoms with Gasteiger partial charge >= 0.3 is 0 Å². The first-order valence-electron chi connectivity index (χ1n) is 7.00. The Bertz CT molecular complexity index is 559. The molecule has 1 saturated heterocycles. The Balaban J connectivity index is 1.89. The first kappa shape index (κ1) is 13.7. The normalized spacial score (nSPS) is 21.8. The van der Waals surface area contributed by atoms with Gasteiger partial charge in [0.25, 0.3) is 0 Å². The molecular formula is C15H17BrN2O2. The molecule has 3 rings (SSSR count). The SMILES string of the molecule is Cc1nc(N2C(=O)CC3(CCCC3)CC2=O)ccc1Br. The summed E-state index contributed by atoms with van der Waals surface area (Å²) in [6.45, 7) is 1.85. The van der Waals surface area contributed by atoms with Crippen LogP contribution in [0.4, 0.5) is 5.82 Å². The molecule has 4 nitrogen and oxygen atoms in total. The van der Waals surface area contributed by atoms with Crippen molar-refractivity contribution in [2.45, 2.75) is 45.4 Å². The molecule has 1 aliphatic carbocycles. The largest absolute Gasteiger partial charge is 0.274 e. The molecule has 20 heavy (non-hydrogen) atoms. The van der Waals surface area contributed by atoms with Crippen molar-refractivity contribution in [3.8, 4) is 0 Å². The number of pyridine rings is 1. The van der Waals surface area contributed by atoms with E-state index in [0.717, 1.165) is 35.8 Å². The third-order valence-electron chi connectivity index (χ3n) is 4.45. The molecule has 106 valence electrons. The van der Waals surface area contributed by atoms with Gasteiger partial charge in [-0.15, -0.1) is 0 Å². The number of imide groups is 1. The van der Waals surface area contributed by atoms with E-state index in [1.54, 1.807) is 6.07 Å². The van der Waals surface area contributed by atoms with Gasteiger partial charge in [0.05, 0.1) is 5.69 Å². The number of halogens is 1. The van der Waals surface area contributed by atoms with Gasteiger partial charge in [-0.1, -0.05) is 12.8 Å². The van der Waals surface area contributed by atoms with Crippen LogP contribution in [0, 0.1) is 12.3 Å². The first-order valence-corrected chi connectivity index (χ1v) is 7.79. The van der Waals surface area contributed by atoms with Crippen LogP contribution in [0.3, 0.4) is 0 Å². The molecule has 2 heterocycles. The number of anilines is 1. The average Bonchev–Trinajstić information content (AvgIpc) is 2.80. The zero-order valence-corrected chi connectivity index (χ0v) is 13.1. The fourth-order valence-electron chi connectivity index (χ4n) is 3.39. The molecule has 0 atom stereocenters. The number of hydrogen-bond donors (Lipinski definition) is 0. The van der Waals surface area contributed by atoms with Crippen LogP contribution in [0.5, 0.6) is 0 Å². The van der Waals surface area contributed by atoms with Gasteiger partial charge in [0.1, 0.15) is 5.82 Å². The minimum absolute atomic E-state index is 0.0604. The Morgan fingerprint density at radius 2 is 1.75 bits per heavy atom. The average molecular weight is 337 g/mol. The van der Waals surface area contributed by atoms with Crippen molar-refractivity contribution in [1.29, 1.82) is 0 Å². The minimum Gasteiger partial charge on any atom is -0.274 e. The van der Waals surface area contributed by atoms with Crippen LogP contribution in [0.2, 0.25) is 0 Å². The Kier molecular flexibility index (Phi) is 3.40. The molecule has 1 aromatic heterocycles. The molecule has 1 spiro atoms. The van der Waals surface area contributed by atoms with Crippen molar-refractivity contribution in [3.63, 3.8) is 0 Å². The van der Waals surface area contributed by atoms with Crippen LogP contribution in [-0.2, 0) is 9.59 Å². The molecule has 1 saturated carbocycles. The summed E-state index contributed by atoms with van der Waals surface area (Å²) in [4.78, 5) is 30.4. The van der Waals surface area contributed by atoms with Gasteiger partial charge in [0, 0.05) is 17.3 Å². The van der Waals surface area contributed by atoms with E-state index in [1.807, 2.05) is 13.0 Å². The third kappa shape index (κ3) is 2.28. The molecule has 1 aliphatic heterocycles. The number of rotatable bonds is 1. The summed E-state index contributed by atoms with van der Waals surface area (Å²) in [7, 11) is 0. The highest BCUT2D eigenvalue weighted by atomic mass is 79.9. The van der Waals surface area contributed by atoms with Crippen LogP contribution >= 0.6 is 15.9 Å². The van der Waals surface area contributed by atoms with Crippen molar-refractivity contribution < 1.29 is 9.59 Å². The van der Waals surface area contributed by atoms with E-state index in [1.165, 1.54) is 4.90 Å². The lowest BCUT2D eigenvalue weighted by Crippen LogP contribution is -2.47. The van der Waals surface area contributed by atoms with E-state index >= 15 is 0 Å². The highest BCUT2D eigenvalue weighted by Gasteiger charge is 2.45.